The van der Waals surface area contributed by atoms with Gasteiger partial charge in [0.1, 0.15) is 0 Å². The van der Waals surface area contributed by atoms with Gasteiger partial charge in [-0.1, -0.05) is 24.6 Å². The van der Waals surface area contributed by atoms with Crippen molar-refractivity contribution in [3.63, 3.8) is 0 Å². The molecule has 0 fully saturated rings. The molecule has 0 saturated heterocycles. The summed E-state index contributed by atoms with van der Waals surface area (Å²) < 4.78 is 2.00. The van der Waals surface area contributed by atoms with Gasteiger partial charge in [-0.2, -0.15) is 5.10 Å². The fraction of sp³-hybridized carbons (Fsp3) is 0.643. The fourth-order valence-corrected chi connectivity index (χ4v) is 2.24. The highest BCUT2D eigenvalue weighted by molar-refractivity contribution is 6.31. The smallest absolute Gasteiger partial charge is 0.0834 e. The summed E-state index contributed by atoms with van der Waals surface area (Å²) in [4.78, 5) is 2.14. The number of halogens is 1. The molecule has 1 aromatic rings. The van der Waals surface area contributed by atoms with Gasteiger partial charge in [-0.15, -0.1) is 6.58 Å². The summed E-state index contributed by atoms with van der Waals surface area (Å²) in [6, 6.07) is 0.189. The van der Waals surface area contributed by atoms with E-state index in [4.69, 9.17) is 11.6 Å². The minimum atomic E-state index is 0.189. The van der Waals surface area contributed by atoms with Crippen LogP contribution in [0.25, 0.3) is 0 Å². The molecular formula is C14H25ClN4. The Kier molecular flexibility index (Phi) is 7.13. The molecule has 1 heterocycles. The van der Waals surface area contributed by atoms with Crippen LogP contribution in [0.2, 0.25) is 5.02 Å². The Morgan fingerprint density at radius 2 is 2.32 bits per heavy atom. The molecule has 0 amide bonds. The third-order valence-electron chi connectivity index (χ3n) is 2.97. The normalized spacial score (nSPS) is 12.9. The lowest BCUT2D eigenvalue weighted by atomic mass is 10.1. The Labute approximate surface area is 121 Å². The van der Waals surface area contributed by atoms with Gasteiger partial charge in [0.05, 0.1) is 29.5 Å². The van der Waals surface area contributed by atoms with E-state index in [9.17, 15) is 0 Å². The molecule has 1 aromatic heterocycles. The van der Waals surface area contributed by atoms with E-state index in [2.05, 4.69) is 42.9 Å². The third-order valence-corrected chi connectivity index (χ3v) is 3.26. The van der Waals surface area contributed by atoms with Gasteiger partial charge >= 0.3 is 0 Å². The third kappa shape index (κ3) is 4.97. The largest absolute Gasteiger partial charge is 0.308 e. The Bertz CT molecular complexity index is 387. The average molecular weight is 285 g/mol. The number of hydrogen-bond acceptors (Lipinski definition) is 3. The van der Waals surface area contributed by atoms with Gasteiger partial charge in [-0.05, 0) is 33.5 Å². The molecule has 0 bridgehead atoms. The second-order valence-corrected chi connectivity index (χ2v) is 5.34. The van der Waals surface area contributed by atoms with E-state index in [1.807, 2.05) is 10.8 Å². The topological polar surface area (TPSA) is 33.1 Å². The van der Waals surface area contributed by atoms with Gasteiger partial charge < -0.3 is 10.2 Å². The van der Waals surface area contributed by atoms with Crippen LogP contribution in [0.1, 0.15) is 31.5 Å². The van der Waals surface area contributed by atoms with E-state index in [1.54, 1.807) is 6.20 Å². The van der Waals surface area contributed by atoms with Crippen LogP contribution in [-0.2, 0) is 6.54 Å². The molecule has 1 N–H and O–H groups in total. The lowest BCUT2D eigenvalue weighted by Gasteiger charge is -2.20. The van der Waals surface area contributed by atoms with Gasteiger partial charge in [0.15, 0.2) is 0 Å². The van der Waals surface area contributed by atoms with Gasteiger partial charge in [-0.25, -0.2) is 0 Å². The van der Waals surface area contributed by atoms with Crippen LogP contribution >= 0.6 is 11.6 Å². The first-order chi connectivity index (χ1) is 9.10. The lowest BCUT2D eigenvalue weighted by Crippen LogP contribution is -2.27. The van der Waals surface area contributed by atoms with Gasteiger partial charge in [0.2, 0.25) is 0 Å². The molecule has 0 aliphatic carbocycles. The van der Waals surface area contributed by atoms with Gasteiger partial charge in [0.25, 0.3) is 0 Å². The van der Waals surface area contributed by atoms with E-state index in [0.717, 1.165) is 43.2 Å². The SMILES string of the molecule is C=CCC(NCCC)c1c(Cl)cnn1CCN(C)C. The summed E-state index contributed by atoms with van der Waals surface area (Å²) in [5, 5.41) is 8.62. The van der Waals surface area contributed by atoms with E-state index in [0.29, 0.717) is 0 Å². The molecule has 0 aliphatic rings. The van der Waals surface area contributed by atoms with Crippen molar-refractivity contribution < 1.29 is 0 Å². The highest BCUT2D eigenvalue weighted by atomic mass is 35.5. The lowest BCUT2D eigenvalue weighted by molar-refractivity contribution is 0.362. The van der Waals surface area contributed by atoms with Crippen molar-refractivity contribution >= 4 is 11.6 Å². The monoisotopic (exact) mass is 284 g/mol. The number of likely N-dealkylation sites (N-methyl/N-ethyl adjacent to an activating group) is 1. The predicted octanol–water partition coefficient (Wildman–Crippen LogP) is 2.71. The van der Waals surface area contributed by atoms with Crippen molar-refractivity contribution in [1.82, 2.24) is 20.0 Å². The number of aromatic nitrogens is 2. The molecule has 0 aliphatic heterocycles. The predicted molar refractivity (Wildman–Crippen MR) is 81.6 cm³/mol. The molecule has 0 saturated carbocycles. The molecule has 5 heteroatoms. The van der Waals surface area contributed by atoms with E-state index in [1.165, 1.54) is 0 Å². The standard InChI is InChI=1S/C14H25ClN4/c1-5-7-13(16-8-6-2)14-12(15)11-17-19(14)10-9-18(3)4/h5,11,13,16H,1,6-10H2,2-4H3. The zero-order chi connectivity index (χ0) is 14.3. The minimum Gasteiger partial charge on any atom is -0.308 e. The average Bonchev–Trinajstić information content (AvgIpc) is 2.73. The Balaban J connectivity index is 2.86. The maximum Gasteiger partial charge on any atom is 0.0834 e. The summed E-state index contributed by atoms with van der Waals surface area (Å²) in [6.07, 6.45) is 5.60. The van der Waals surface area contributed by atoms with E-state index < -0.39 is 0 Å². The first-order valence-electron chi connectivity index (χ1n) is 6.80. The molecule has 1 rings (SSSR count). The number of rotatable bonds is 9. The maximum absolute atomic E-state index is 6.30. The summed E-state index contributed by atoms with van der Waals surface area (Å²) in [5.41, 5.74) is 1.07. The highest BCUT2D eigenvalue weighted by Crippen LogP contribution is 2.25. The van der Waals surface area contributed by atoms with Gasteiger partial charge in [-0.3, -0.25) is 4.68 Å². The first kappa shape index (κ1) is 16.2. The second-order valence-electron chi connectivity index (χ2n) is 4.94. The number of nitrogens with one attached hydrogen (secondary N) is 1. The maximum atomic E-state index is 6.30. The number of nitrogens with zero attached hydrogens (tertiary/aromatic N) is 3. The van der Waals surface area contributed by atoms with Crippen LogP contribution in [0.15, 0.2) is 18.9 Å². The van der Waals surface area contributed by atoms with Crippen LogP contribution < -0.4 is 5.32 Å². The molecule has 19 heavy (non-hydrogen) atoms. The number of hydrogen-bond donors (Lipinski definition) is 1. The van der Waals surface area contributed by atoms with Crippen molar-refractivity contribution in [2.75, 3.05) is 27.2 Å². The summed E-state index contributed by atoms with van der Waals surface area (Å²) in [5.74, 6) is 0. The van der Waals surface area contributed by atoms with Crippen molar-refractivity contribution in [1.29, 1.82) is 0 Å². The Morgan fingerprint density at radius 1 is 1.58 bits per heavy atom. The Morgan fingerprint density at radius 3 is 2.89 bits per heavy atom. The van der Waals surface area contributed by atoms with Crippen LogP contribution in [0.3, 0.4) is 0 Å². The van der Waals surface area contributed by atoms with Crippen LogP contribution in [0.5, 0.6) is 0 Å². The fourth-order valence-electron chi connectivity index (χ4n) is 1.97. The molecule has 108 valence electrons. The van der Waals surface area contributed by atoms with Crippen LogP contribution in [0.4, 0.5) is 0 Å². The van der Waals surface area contributed by atoms with Crippen LogP contribution in [-0.4, -0.2) is 41.9 Å². The van der Waals surface area contributed by atoms with Crippen molar-refractivity contribution in [3.8, 4) is 0 Å². The van der Waals surface area contributed by atoms with Crippen molar-refractivity contribution in [2.24, 2.45) is 0 Å². The Hall–Kier alpha value is -0.840. The van der Waals surface area contributed by atoms with Crippen molar-refractivity contribution in [2.45, 2.75) is 32.4 Å². The molecule has 0 aromatic carbocycles. The molecule has 0 spiro atoms. The zero-order valence-corrected chi connectivity index (χ0v) is 13.0. The quantitative estimate of drug-likeness (QED) is 0.708. The van der Waals surface area contributed by atoms with E-state index in [-0.39, 0.29) is 6.04 Å². The highest BCUT2D eigenvalue weighted by Gasteiger charge is 2.18. The molecule has 1 unspecified atom stereocenters. The summed E-state index contributed by atoms with van der Waals surface area (Å²) in [7, 11) is 4.11. The summed E-state index contributed by atoms with van der Waals surface area (Å²) >= 11 is 6.30. The minimum absolute atomic E-state index is 0.189. The molecular weight excluding hydrogens is 260 g/mol. The zero-order valence-electron chi connectivity index (χ0n) is 12.2. The van der Waals surface area contributed by atoms with Crippen LogP contribution in [0, 0.1) is 0 Å². The molecule has 1 atom stereocenters. The first-order valence-corrected chi connectivity index (χ1v) is 7.18. The van der Waals surface area contributed by atoms with Gasteiger partial charge in [0, 0.05) is 6.54 Å². The second kappa shape index (κ2) is 8.35. The molecule has 0 radical (unpaired) electrons. The summed E-state index contributed by atoms with van der Waals surface area (Å²) in [6.45, 7) is 8.74. The van der Waals surface area contributed by atoms with Crippen molar-refractivity contribution in [3.05, 3.63) is 29.6 Å². The van der Waals surface area contributed by atoms with E-state index >= 15 is 0 Å². The molecule has 4 nitrogen and oxygen atoms in total.